The lowest BCUT2D eigenvalue weighted by atomic mass is 10.1. The largest absolute Gasteiger partial charge is 0.490 e. The van der Waals surface area contributed by atoms with Crippen LogP contribution in [-0.4, -0.2) is 35.6 Å². The van der Waals surface area contributed by atoms with Crippen LogP contribution in [-0.2, 0) is 0 Å². The number of rotatable bonds is 8. The summed E-state index contributed by atoms with van der Waals surface area (Å²) in [7, 11) is 0. The first-order valence-electron chi connectivity index (χ1n) is 7.89. The first-order valence-corrected chi connectivity index (χ1v) is 8.27. The molecule has 0 fully saturated rings. The topological polar surface area (TPSA) is 58.9 Å². The molecule has 0 saturated carbocycles. The Morgan fingerprint density at radius 3 is 2.13 bits per heavy atom. The van der Waals surface area contributed by atoms with E-state index in [1.54, 1.807) is 6.07 Å². The predicted octanol–water partition coefficient (Wildman–Crippen LogP) is 3.79. The number of fused-ring (bicyclic) bond motifs is 1. The number of halogens is 1. The van der Waals surface area contributed by atoms with Gasteiger partial charge in [-0.25, -0.2) is 0 Å². The molecular formula is C18H23ClO4. The molecule has 2 atom stereocenters. The number of benzene rings is 2. The highest BCUT2D eigenvalue weighted by molar-refractivity contribution is 6.33. The fourth-order valence-corrected chi connectivity index (χ4v) is 2.41. The molecule has 2 unspecified atom stereocenters. The van der Waals surface area contributed by atoms with E-state index in [9.17, 15) is 10.2 Å². The van der Waals surface area contributed by atoms with Gasteiger partial charge in [-0.1, -0.05) is 49.7 Å². The maximum atomic E-state index is 9.69. The van der Waals surface area contributed by atoms with Gasteiger partial charge >= 0.3 is 0 Å². The van der Waals surface area contributed by atoms with Crippen molar-refractivity contribution in [3.63, 3.8) is 0 Å². The van der Waals surface area contributed by atoms with Crippen LogP contribution in [0.3, 0.4) is 0 Å². The van der Waals surface area contributed by atoms with Gasteiger partial charge in [0.05, 0.1) is 17.2 Å². The van der Waals surface area contributed by atoms with Gasteiger partial charge in [0.2, 0.25) is 0 Å². The van der Waals surface area contributed by atoms with E-state index in [0.717, 1.165) is 10.8 Å². The average Bonchev–Trinajstić information content (AvgIpc) is 2.58. The summed E-state index contributed by atoms with van der Waals surface area (Å²) in [5.41, 5.74) is 0. The second-order valence-electron chi connectivity index (χ2n) is 5.48. The van der Waals surface area contributed by atoms with E-state index in [1.165, 1.54) is 0 Å². The van der Waals surface area contributed by atoms with Gasteiger partial charge in [-0.2, -0.15) is 0 Å². The Labute approximate surface area is 141 Å². The highest BCUT2D eigenvalue weighted by Gasteiger charge is 2.15. The van der Waals surface area contributed by atoms with Gasteiger partial charge in [-0.05, 0) is 12.8 Å². The Morgan fingerprint density at radius 1 is 0.957 bits per heavy atom. The zero-order valence-electron chi connectivity index (χ0n) is 13.5. The minimum atomic E-state index is -0.527. The maximum absolute atomic E-state index is 9.69. The van der Waals surface area contributed by atoms with Crippen LogP contribution in [0.15, 0.2) is 30.3 Å². The zero-order valence-corrected chi connectivity index (χ0v) is 14.2. The zero-order chi connectivity index (χ0) is 16.8. The lowest BCUT2D eigenvalue weighted by Gasteiger charge is -2.17. The Bertz CT molecular complexity index is 644. The molecule has 5 heteroatoms. The van der Waals surface area contributed by atoms with E-state index in [4.69, 9.17) is 21.1 Å². The van der Waals surface area contributed by atoms with Crippen LogP contribution in [0.4, 0.5) is 0 Å². The molecule has 0 amide bonds. The molecule has 4 nitrogen and oxygen atoms in total. The van der Waals surface area contributed by atoms with Gasteiger partial charge in [0.1, 0.15) is 24.7 Å². The van der Waals surface area contributed by atoms with Crippen molar-refractivity contribution in [1.29, 1.82) is 0 Å². The number of ether oxygens (including phenoxy) is 2. The number of aliphatic hydroxyl groups is 2. The molecule has 2 rings (SSSR count). The van der Waals surface area contributed by atoms with Crippen LogP contribution < -0.4 is 9.47 Å². The van der Waals surface area contributed by atoms with Crippen LogP contribution >= 0.6 is 11.6 Å². The molecule has 0 spiro atoms. The summed E-state index contributed by atoms with van der Waals surface area (Å²) in [5.74, 6) is 1.15. The molecule has 2 aromatic rings. The van der Waals surface area contributed by atoms with E-state index in [0.29, 0.717) is 29.4 Å². The van der Waals surface area contributed by atoms with Gasteiger partial charge in [0.15, 0.2) is 0 Å². The fourth-order valence-electron chi connectivity index (χ4n) is 2.15. The molecule has 0 saturated heterocycles. The van der Waals surface area contributed by atoms with Crippen molar-refractivity contribution in [1.82, 2.24) is 0 Å². The van der Waals surface area contributed by atoms with Crippen molar-refractivity contribution >= 4 is 22.4 Å². The third-order valence-electron chi connectivity index (χ3n) is 3.71. The number of hydrogen-bond acceptors (Lipinski definition) is 4. The van der Waals surface area contributed by atoms with Crippen molar-refractivity contribution in [2.75, 3.05) is 13.2 Å². The molecule has 23 heavy (non-hydrogen) atoms. The Balaban J connectivity index is 2.33. The van der Waals surface area contributed by atoms with Crippen molar-refractivity contribution in [3.8, 4) is 11.5 Å². The molecule has 0 aliphatic heterocycles. The van der Waals surface area contributed by atoms with Gasteiger partial charge in [-0.3, -0.25) is 0 Å². The van der Waals surface area contributed by atoms with Crippen LogP contribution in [0.2, 0.25) is 5.02 Å². The van der Waals surface area contributed by atoms with Gasteiger partial charge in [0, 0.05) is 16.8 Å². The summed E-state index contributed by atoms with van der Waals surface area (Å²) in [6.07, 6.45) is 0.205. The molecule has 0 aliphatic carbocycles. The molecule has 0 bridgehead atoms. The summed E-state index contributed by atoms with van der Waals surface area (Å²) >= 11 is 6.34. The van der Waals surface area contributed by atoms with Crippen molar-refractivity contribution in [2.24, 2.45) is 0 Å². The smallest absolute Gasteiger partial charge is 0.146 e. The monoisotopic (exact) mass is 338 g/mol. The van der Waals surface area contributed by atoms with E-state index < -0.39 is 12.2 Å². The van der Waals surface area contributed by atoms with Crippen LogP contribution in [0, 0.1) is 0 Å². The third kappa shape index (κ3) is 4.50. The Morgan fingerprint density at radius 2 is 1.52 bits per heavy atom. The summed E-state index contributed by atoms with van der Waals surface area (Å²) in [5, 5.41) is 21.5. The lowest BCUT2D eigenvalue weighted by Crippen LogP contribution is -2.17. The van der Waals surface area contributed by atoms with Gasteiger partial charge in [0.25, 0.3) is 0 Å². The molecule has 2 aromatic carbocycles. The molecule has 126 valence electrons. The average molecular weight is 339 g/mol. The molecule has 0 aromatic heterocycles. The molecule has 0 heterocycles. The van der Waals surface area contributed by atoms with Crippen molar-refractivity contribution < 1.29 is 19.7 Å². The second kappa shape index (κ2) is 8.39. The van der Waals surface area contributed by atoms with Crippen LogP contribution in [0.5, 0.6) is 11.5 Å². The first-order chi connectivity index (χ1) is 11.1. The first kappa shape index (κ1) is 17.9. The lowest BCUT2D eigenvalue weighted by molar-refractivity contribution is 0.103. The molecular weight excluding hydrogens is 316 g/mol. The minimum Gasteiger partial charge on any atom is -0.490 e. The number of aliphatic hydroxyl groups excluding tert-OH is 2. The normalized spacial score (nSPS) is 13.8. The summed E-state index contributed by atoms with van der Waals surface area (Å²) in [4.78, 5) is 0. The van der Waals surface area contributed by atoms with Gasteiger partial charge < -0.3 is 19.7 Å². The quantitative estimate of drug-likeness (QED) is 0.768. The Kier molecular flexibility index (Phi) is 6.51. The van der Waals surface area contributed by atoms with E-state index in [-0.39, 0.29) is 13.2 Å². The maximum Gasteiger partial charge on any atom is 0.146 e. The van der Waals surface area contributed by atoms with E-state index >= 15 is 0 Å². The van der Waals surface area contributed by atoms with Crippen molar-refractivity contribution in [2.45, 2.75) is 38.9 Å². The molecule has 0 radical (unpaired) electrons. The highest BCUT2D eigenvalue weighted by Crippen LogP contribution is 2.39. The van der Waals surface area contributed by atoms with Crippen LogP contribution in [0.25, 0.3) is 10.8 Å². The fraction of sp³-hybridized carbons (Fsp3) is 0.444. The van der Waals surface area contributed by atoms with Crippen molar-refractivity contribution in [3.05, 3.63) is 35.4 Å². The molecule has 2 N–H and O–H groups in total. The van der Waals surface area contributed by atoms with Crippen LogP contribution in [0.1, 0.15) is 26.7 Å². The SMILES string of the molecule is CCC(O)COc1cc(Cl)c(OCC(O)CC)c2ccccc12. The van der Waals surface area contributed by atoms with Gasteiger partial charge in [-0.15, -0.1) is 0 Å². The summed E-state index contributed by atoms with van der Waals surface area (Å²) in [6.45, 7) is 4.19. The minimum absolute atomic E-state index is 0.189. The molecule has 0 aliphatic rings. The predicted molar refractivity (Wildman–Crippen MR) is 92.5 cm³/mol. The number of hydrogen-bond donors (Lipinski definition) is 2. The van der Waals surface area contributed by atoms with E-state index in [1.807, 2.05) is 38.1 Å². The summed E-state index contributed by atoms with van der Waals surface area (Å²) < 4.78 is 11.4. The van der Waals surface area contributed by atoms with E-state index in [2.05, 4.69) is 0 Å². The third-order valence-corrected chi connectivity index (χ3v) is 3.99. The standard InChI is InChI=1S/C18H23ClO4/c1-3-12(20)10-22-17-9-16(19)18(23-11-13(21)4-2)15-8-6-5-7-14(15)17/h5-9,12-13,20-21H,3-4,10-11H2,1-2H3. The highest BCUT2D eigenvalue weighted by atomic mass is 35.5. The summed E-state index contributed by atoms with van der Waals surface area (Å²) in [6, 6.07) is 9.32. The Hall–Kier alpha value is -1.49. The second-order valence-corrected chi connectivity index (χ2v) is 5.88.